The summed E-state index contributed by atoms with van der Waals surface area (Å²) in [5.74, 6) is 0.569. The summed E-state index contributed by atoms with van der Waals surface area (Å²) in [6.07, 6.45) is 0.316. The Bertz CT molecular complexity index is 1290. The lowest BCUT2D eigenvalue weighted by atomic mass is 10.1. The van der Waals surface area contributed by atoms with E-state index in [0.717, 1.165) is 10.5 Å². The van der Waals surface area contributed by atoms with Gasteiger partial charge in [0.05, 0.1) is 33.4 Å². The molecule has 3 amide bonds. The van der Waals surface area contributed by atoms with E-state index in [9.17, 15) is 14.4 Å². The van der Waals surface area contributed by atoms with Gasteiger partial charge >= 0.3 is 0 Å². The van der Waals surface area contributed by atoms with E-state index < -0.39 is 11.9 Å². The van der Waals surface area contributed by atoms with Gasteiger partial charge in [-0.05, 0) is 72.6 Å². The molecule has 1 unspecified atom stereocenters. The molecule has 192 valence electrons. The van der Waals surface area contributed by atoms with Crippen molar-refractivity contribution in [3.05, 3.63) is 82.9 Å². The van der Waals surface area contributed by atoms with Crippen LogP contribution < -0.4 is 19.1 Å². The Hall–Kier alpha value is -4.04. The van der Waals surface area contributed by atoms with E-state index in [1.807, 2.05) is 12.1 Å². The van der Waals surface area contributed by atoms with E-state index in [0.29, 0.717) is 39.9 Å². The number of ether oxygens (including phenoxy) is 3. The fraction of sp³-hybridized carbons (Fsp3) is 0.250. The summed E-state index contributed by atoms with van der Waals surface area (Å²) < 4.78 is 15.9. The Morgan fingerprint density at radius 2 is 1.59 bits per heavy atom. The van der Waals surface area contributed by atoms with Crippen LogP contribution in [0.25, 0.3) is 0 Å². The van der Waals surface area contributed by atoms with Crippen LogP contribution in [0.3, 0.4) is 0 Å². The molecule has 1 fully saturated rings. The number of carbonyl (C=O) groups excluding carboxylic acids is 3. The molecule has 9 heteroatoms. The van der Waals surface area contributed by atoms with Crippen molar-refractivity contribution in [2.24, 2.45) is 0 Å². The van der Waals surface area contributed by atoms with Crippen LogP contribution in [0.2, 0.25) is 5.02 Å². The Kier molecular flexibility index (Phi) is 7.98. The van der Waals surface area contributed by atoms with Crippen LogP contribution in [0.15, 0.2) is 66.7 Å². The van der Waals surface area contributed by atoms with Crippen molar-refractivity contribution >= 4 is 35.0 Å². The van der Waals surface area contributed by atoms with Crippen molar-refractivity contribution in [1.82, 2.24) is 4.90 Å². The molecule has 37 heavy (non-hydrogen) atoms. The molecule has 0 N–H and O–H groups in total. The average Bonchev–Trinajstić information content (AvgIpc) is 3.22. The van der Waals surface area contributed by atoms with Crippen LogP contribution in [-0.2, 0) is 16.0 Å². The summed E-state index contributed by atoms with van der Waals surface area (Å²) in [6.45, 7) is 0.205. The number of carbonyl (C=O) groups is 3. The molecule has 0 bridgehead atoms. The van der Waals surface area contributed by atoms with E-state index in [1.54, 1.807) is 68.8 Å². The monoisotopic (exact) mass is 522 g/mol. The molecule has 0 saturated carbocycles. The Morgan fingerprint density at radius 1 is 0.919 bits per heavy atom. The fourth-order valence-corrected chi connectivity index (χ4v) is 4.43. The molecule has 1 heterocycles. The highest BCUT2D eigenvalue weighted by molar-refractivity contribution is 6.30. The van der Waals surface area contributed by atoms with Gasteiger partial charge in [-0.15, -0.1) is 0 Å². The van der Waals surface area contributed by atoms with Gasteiger partial charge in [0.1, 0.15) is 11.8 Å². The lowest BCUT2D eigenvalue weighted by Gasteiger charge is -2.28. The number of anilines is 1. The smallest absolute Gasteiger partial charge is 0.257 e. The molecule has 8 nitrogen and oxygen atoms in total. The maximum Gasteiger partial charge on any atom is 0.257 e. The predicted octanol–water partition coefficient (Wildman–Crippen LogP) is 4.38. The first-order valence-electron chi connectivity index (χ1n) is 11.6. The molecular formula is C28H27ClN2O6. The Morgan fingerprint density at radius 3 is 2.22 bits per heavy atom. The van der Waals surface area contributed by atoms with Crippen LogP contribution in [0.5, 0.6) is 17.2 Å². The van der Waals surface area contributed by atoms with Gasteiger partial charge in [0, 0.05) is 17.1 Å². The van der Waals surface area contributed by atoms with E-state index in [4.69, 9.17) is 25.8 Å². The first-order chi connectivity index (χ1) is 17.9. The summed E-state index contributed by atoms with van der Waals surface area (Å²) in [5, 5.41) is 0.492. The maximum atomic E-state index is 13.6. The van der Waals surface area contributed by atoms with Gasteiger partial charge in [-0.2, -0.15) is 0 Å². The molecule has 0 aliphatic carbocycles. The lowest BCUT2D eigenvalue weighted by molar-refractivity contribution is -0.122. The number of hydrogen-bond acceptors (Lipinski definition) is 6. The van der Waals surface area contributed by atoms with Crippen molar-refractivity contribution in [2.45, 2.75) is 18.9 Å². The molecular weight excluding hydrogens is 496 g/mol. The van der Waals surface area contributed by atoms with E-state index in [1.165, 1.54) is 12.0 Å². The van der Waals surface area contributed by atoms with Crippen molar-refractivity contribution < 1.29 is 28.6 Å². The summed E-state index contributed by atoms with van der Waals surface area (Å²) in [6, 6.07) is 17.6. The standard InChI is InChI=1S/C28H27ClN2O6/c1-35-22-11-9-21(10-12-22)31-26(32)17-23(28(31)34)30(27(33)19-5-7-20(29)8-6-19)15-14-18-4-13-24(36-2)25(16-18)37-3/h4-13,16,23H,14-15,17H2,1-3H3. The second-order valence-corrected chi connectivity index (χ2v) is 8.87. The molecule has 3 aromatic carbocycles. The average molecular weight is 523 g/mol. The highest BCUT2D eigenvalue weighted by atomic mass is 35.5. The fourth-order valence-electron chi connectivity index (χ4n) is 4.30. The third kappa shape index (κ3) is 5.54. The highest BCUT2D eigenvalue weighted by Gasteiger charge is 2.44. The minimum Gasteiger partial charge on any atom is -0.497 e. The van der Waals surface area contributed by atoms with Crippen molar-refractivity contribution in [2.75, 3.05) is 32.8 Å². The van der Waals surface area contributed by atoms with Crippen molar-refractivity contribution in [1.29, 1.82) is 0 Å². The van der Waals surface area contributed by atoms with Gasteiger partial charge in [0.25, 0.3) is 11.8 Å². The molecule has 1 aliphatic rings. The van der Waals surface area contributed by atoms with Gasteiger partial charge in [-0.25, -0.2) is 4.90 Å². The van der Waals surface area contributed by atoms with Gasteiger partial charge in [-0.3, -0.25) is 14.4 Å². The Balaban J connectivity index is 1.63. The summed E-state index contributed by atoms with van der Waals surface area (Å²) >= 11 is 6.01. The predicted molar refractivity (Wildman–Crippen MR) is 140 cm³/mol. The second kappa shape index (κ2) is 11.3. The number of rotatable bonds is 9. The maximum absolute atomic E-state index is 13.6. The topological polar surface area (TPSA) is 85.4 Å². The SMILES string of the molecule is COc1ccc(N2C(=O)CC(N(CCc3ccc(OC)c(OC)c3)C(=O)c3ccc(Cl)cc3)C2=O)cc1. The van der Waals surface area contributed by atoms with Gasteiger partial charge in [0.2, 0.25) is 5.91 Å². The zero-order valence-corrected chi connectivity index (χ0v) is 21.5. The van der Waals surface area contributed by atoms with Crippen LogP contribution in [-0.4, -0.2) is 56.5 Å². The number of imide groups is 1. The third-order valence-corrected chi connectivity index (χ3v) is 6.52. The van der Waals surface area contributed by atoms with Gasteiger partial charge in [-0.1, -0.05) is 17.7 Å². The van der Waals surface area contributed by atoms with Crippen LogP contribution in [0.4, 0.5) is 5.69 Å². The quantitative estimate of drug-likeness (QED) is 0.388. The minimum absolute atomic E-state index is 0.115. The van der Waals surface area contributed by atoms with E-state index in [2.05, 4.69) is 0 Å². The Labute approximate surface area is 220 Å². The number of amides is 3. The number of hydrogen-bond donors (Lipinski definition) is 0. The number of benzene rings is 3. The second-order valence-electron chi connectivity index (χ2n) is 8.43. The zero-order chi connectivity index (χ0) is 26.5. The van der Waals surface area contributed by atoms with Crippen LogP contribution in [0, 0.1) is 0 Å². The molecule has 0 aromatic heterocycles. The largest absolute Gasteiger partial charge is 0.497 e. The summed E-state index contributed by atoms with van der Waals surface area (Å²) in [5.41, 5.74) is 1.69. The van der Waals surface area contributed by atoms with Gasteiger partial charge < -0.3 is 19.1 Å². The lowest BCUT2D eigenvalue weighted by Crippen LogP contribution is -2.46. The molecule has 0 spiro atoms. The van der Waals surface area contributed by atoms with E-state index in [-0.39, 0.29) is 24.8 Å². The van der Waals surface area contributed by atoms with Crippen molar-refractivity contribution in [3.63, 3.8) is 0 Å². The molecule has 0 radical (unpaired) electrons. The number of halogens is 1. The molecule has 1 saturated heterocycles. The normalized spacial score (nSPS) is 15.0. The van der Waals surface area contributed by atoms with Crippen LogP contribution >= 0.6 is 11.6 Å². The van der Waals surface area contributed by atoms with E-state index >= 15 is 0 Å². The van der Waals surface area contributed by atoms with Gasteiger partial charge in [0.15, 0.2) is 11.5 Å². The molecule has 3 aromatic rings. The molecule has 1 aliphatic heterocycles. The minimum atomic E-state index is -0.946. The summed E-state index contributed by atoms with van der Waals surface area (Å²) in [4.78, 5) is 42.7. The number of nitrogens with zero attached hydrogens (tertiary/aromatic N) is 2. The number of methoxy groups -OCH3 is 3. The third-order valence-electron chi connectivity index (χ3n) is 6.27. The highest BCUT2D eigenvalue weighted by Crippen LogP contribution is 2.30. The first kappa shape index (κ1) is 26.0. The van der Waals surface area contributed by atoms with Crippen LogP contribution in [0.1, 0.15) is 22.3 Å². The molecule has 1 atom stereocenters. The molecule has 4 rings (SSSR count). The first-order valence-corrected chi connectivity index (χ1v) is 12.0. The van der Waals surface area contributed by atoms with Crippen molar-refractivity contribution in [3.8, 4) is 17.2 Å². The zero-order valence-electron chi connectivity index (χ0n) is 20.8. The summed E-state index contributed by atoms with van der Waals surface area (Å²) in [7, 11) is 4.64.